The molecule has 0 aliphatic carbocycles. The van der Waals surface area contributed by atoms with Gasteiger partial charge in [-0.1, -0.05) is 0 Å². The molecular weight excluding hydrogens is 267 g/mol. The van der Waals surface area contributed by atoms with Crippen molar-refractivity contribution < 1.29 is 14.0 Å². The van der Waals surface area contributed by atoms with E-state index in [1.807, 2.05) is 6.21 Å². The smallest absolute Gasteiger partial charge is 0.402 e. The molecule has 0 saturated carbocycles. The molecule has 0 aromatic rings. The van der Waals surface area contributed by atoms with Crippen LogP contribution in [0, 0.1) is 0 Å². The van der Waals surface area contributed by atoms with Gasteiger partial charge in [0.15, 0.2) is 0 Å². The molecule has 2 aliphatic heterocycles. The predicted octanol–water partition coefficient (Wildman–Crippen LogP) is 2.19. The summed E-state index contributed by atoms with van der Waals surface area (Å²) in [5.41, 5.74) is -0.622. The highest BCUT2D eigenvalue weighted by atomic mass is 16.7. The summed E-state index contributed by atoms with van der Waals surface area (Å²) in [6, 6.07) is 0. The van der Waals surface area contributed by atoms with Crippen LogP contribution >= 0.6 is 0 Å². The summed E-state index contributed by atoms with van der Waals surface area (Å²) in [6.07, 6.45) is 6.16. The van der Waals surface area contributed by atoms with Crippen molar-refractivity contribution in [3.63, 3.8) is 0 Å². The largest absolute Gasteiger partial charge is 0.476 e. The lowest BCUT2D eigenvalue weighted by Crippen LogP contribution is -2.51. The molecule has 2 heterocycles. The maximum Gasteiger partial charge on any atom is 0.476 e. The summed E-state index contributed by atoms with van der Waals surface area (Å²) in [5.74, 6) is 0.0536. The molecular formula is C15H29BN2O3. The molecule has 120 valence electrons. The molecule has 2 fully saturated rings. The highest BCUT2D eigenvalue weighted by molar-refractivity contribution is 6.48. The highest BCUT2D eigenvalue weighted by Gasteiger charge is 2.53. The zero-order valence-corrected chi connectivity index (χ0v) is 14.0. The lowest BCUT2D eigenvalue weighted by molar-refractivity contribution is -0.00928. The Kier molecular flexibility index (Phi) is 5.46. The topological polar surface area (TPSA) is 52.1 Å². The molecule has 0 aromatic carbocycles. The van der Waals surface area contributed by atoms with Crippen LogP contribution < -0.4 is 5.32 Å². The SMILES string of the molecule is CN=CCC(NC1CCCCO1)B1OC(C)(C)C(C)(C)O1. The Bertz CT molecular complexity index is 352. The van der Waals surface area contributed by atoms with Crippen molar-refractivity contribution in [3.05, 3.63) is 0 Å². The van der Waals surface area contributed by atoms with E-state index in [1.54, 1.807) is 7.05 Å². The predicted molar refractivity (Wildman–Crippen MR) is 85.6 cm³/mol. The molecule has 2 unspecified atom stereocenters. The Morgan fingerprint density at radius 3 is 2.43 bits per heavy atom. The number of aliphatic imine (C=N–C) groups is 1. The van der Waals surface area contributed by atoms with E-state index in [4.69, 9.17) is 14.0 Å². The Balaban J connectivity index is 2.02. The summed E-state index contributed by atoms with van der Waals surface area (Å²) in [6.45, 7) is 9.14. The second kappa shape index (κ2) is 6.77. The van der Waals surface area contributed by atoms with Gasteiger partial charge >= 0.3 is 7.12 Å². The molecule has 6 heteroatoms. The molecule has 2 aliphatic rings. The van der Waals surface area contributed by atoms with E-state index in [-0.39, 0.29) is 30.5 Å². The summed E-state index contributed by atoms with van der Waals surface area (Å²) in [4.78, 5) is 4.10. The van der Waals surface area contributed by atoms with Crippen LogP contribution in [-0.2, 0) is 14.0 Å². The number of rotatable bonds is 5. The van der Waals surface area contributed by atoms with E-state index < -0.39 is 0 Å². The number of hydrogen-bond acceptors (Lipinski definition) is 5. The lowest BCUT2D eigenvalue weighted by Gasteiger charge is -2.32. The minimum Gasteiger partial charge on any atom is -0.402 e. The Morgan fingerprint density at radius 2 is 1.90 bits per heavy atom. The first-order valence-corrected chi connectivity index (χ1v) is 7.99. The van der Waals surface area contributed by atoms with Crippen LogP contribution in [0.5, 0.6) is 0 Å². The molecule has 0 aromatic heterocycles. The van der Waals surface area contributed by atoms with Crippen LogP contribution in [0.2, 0.25) is 0 Å². The van der Waals surface area contributed by atoms with Gasteiger partial charge < -0.3 is 19.0 Å². The molecule has 0 radical (unpaired) electrons. The first kappa shape index (κ1) is 16.9. The standard InChI is InChI=1S/C15H29BN2O3/c1-14(2)15(3,4)21-16(20-14)12(9-10-17-5)18-13-8-6-7-11-19-13/h10,12-13,18H,6-9,11H2,1-5H3. The second-order valence-electron chi connectivity index (χ2n) is 6.93. The van der Waals surface area contributed by atoms with Gasteiger partial charge in [-0.25, -0.2) is 0 Å². The number of nitrogens with one attached hydrogen (secondary N) is 1. The van der Waals surface area contributed by atoms with Gasteiger partial charge in [-0.2, -0.15) is 0 Å². The molecule has 0 spiro atoms. The van der Waals surface area contributed by atoms with Gasteiger partial charge in [0.1, 0.15) is 6.23 Å². The fourth-order valence-electron chi connectivity index (χ4n) is 2.64. The van der Waals surface area contributed by atoms with Crippen LogP contribution in [0.15, 0.2) is 4.99 Å². The molecule has 5 nitrogen and oxygen atoms in total. The van der Waals surface area contributed by atoms with Gasteiger partial charge in [0.2, 0.25) is 0 Å². The maximum atomic E-state index is 6.16. The van der Waals surface area contributed by atoms with Gasteiger partial charge in [0.25, 0.3) is 0 Å². The molecule has 21 heavy (non-hydrogen) atoms. The third kappa shape index (κ3) is 4.06. The van der Waals surface area contributed by atoms with Crippen molar-refractivity contribution in [2.24, 2.45) is 4.99 Å². The number of nitrogens with zero attached hydrogens (tertiary/aromatic N) is 1. The van der Waals surface area contributed by atoms with Gasteiger partial charge in [-0.15, -0.1) is 0 Å². The molecule has 1 N–H and O–H groups in total. The van der Waals surface area contributed by atoms with Crippen molar-refractivity contribution >= 4 is 13.3 Å². The van der Waals surface area contributed by atoms with E-state index in [1.165, 1.54) is 6.42 Å². The van der Waals surface area contributed by atoms with Crippen LogP contribution in [0.1, 0.15) is 53.4 Å². The van der Waals surface area contributed by atoms with Crippen molar-refractivity contribution in [2.75, 3.05) is 13.7 Å². The van der Waals surface area contributed by atoms with Crippen molar-refractivity contribution in [1.29, 1.82) is 0 Å². The minimum absolute atomic E-state index is 0.0536. The number of ether oxygens (including phenoxy) is 1. The Hall–Kier alpha value is -0.425. The maximum absolute atomic E-state index is 6.16. The van der Waals surface area contributed by atoms with E-state index in [2.05, 4.69) is 38.0 Å². The van der Waals surface area contributed by atoms with Crippen LogP contribution in [0.3, 0.4) is 0 Å². The summed E-state index contributed by atoms with van der Waals surface area (Å²) < 4.78 is 18.1. The van der Waals surface area contributed by atoms with Crippen molar-refractivity contribution in [1.82, 2.24) is 5.32 Å². The third-order valence-electron chi connectivity index (χ3n) is 4.72. The van der Waals surface area contributed by atoms with Gasteiger partial charge in [-0.3, -0.25) is 5.32 Å². The monoisotopic (exact) mass is 296 g/mol. The fourth-order valence-corrected chi connectivity index (χ4v) is 2.64. The number of hydrogen-bond donors (Lipinski definition) is 1. The summed E-state index contributed by atoms with van der Waals surface area (Å²) >= 11 is 0. The normalized spacial score (nSPS) is 30.0. The van der Waals surface area contributed by atoms with Crippen molar-refractivity contribution in [3.8, 4) is 0 Å². The zero-order valence-electron chi connectivity index (χ0n) is 14.0. The minimum atomic E-state index is -0.311. The summed E-state index contributed by atoms with van der Waals surface area (Å²) in [7, 11) is 1.51. The van der Waals surface area contributed by atoms with Gasteiger partial charge in [0, 0.05) is 19.6 Å². The van der Waals surface area contributed by atoms with Crippen LogP contribution in [0.4, 0.5) is 0 Å². The first-order valence-electron chi connectivity index (χ1n) is 7.99. The average molecular weight is 296 g/mol. The second-order valence-corrected chi connectivity index (χ2v) is 6.93. The highest BCUT2D eigenvalue weighted by Crippen LogP contribution is 2.37. The van der Waals surface area contributed by atoms with Crippen molar-refractivity contribution in [2.45, 2.75) is 76.7 Å². The lowest BCUT2D eigenvalue weighted by atomic mass is 9.76. The third-order valence-corrected chi connectivity index (χ3v) is 4.72. The fraction of sp³-hybridized carbons (Fsp3) is 0.933. The quantitative estimate of drug-likeness (QED) is 0.624. The van der Waals surface area contributed by atoms with E-state index in [0.29, 0.717) is 0 Å². The summed E-state index contributed by atoms with van der Waals surface area (Å²) in [5, 5.41) is 3.54. The molecule has 0 amide bonds. The molecule has 2 atom stereocenters. The zero-order chi connectivity index (χ0) is 15.5. The molecule has 0 bridgehead atoms. The first-order chi connectivity index (χ1) is 9.86. The van der Waals surface area contributed by atoms with Gasteiger partial charge in [-0.05, 0) is 59.6 Å². The van der Waals surface area contributed by atoms with Crippen LogP contribution in [-0.4, -0.2) is 50.4 Å². The van der Waals surface area contributed by atoms with Gasteiger partial charge in [0.05, 0.1) is 11.2 Å². The Morgan fingerprint density at radius 1 is 1.24 bits per heavy atom. The van der Waals surface area contributed by atoms with Crippen LogP contribution in [0.25, 0.3) is 0 Å². The molecule has 2 saturated heterocycles. The van der Waals surface area contributed by atoms with E-state index >= 15 is 0 Å². The van der Waals surface area contributed by atoms with E-state index in [9.17, 15) is 0 Å². The Labute approximate surface area is 129 Å². The van der Waals surface area contributed by atoms with E-state index in [0.717, 1.165) is 25.9 Å². The average Bonchev–Trinajstić information content (AvgIpc) is 2.64. The molecule has 2 rings (SSSR count).